The summed E-state index contributed by atoms with van der Waals surface area (Å²) in [7, 11) is 0. The van der Waals surface area contributed by atoms with Crippen molar-refractivity contribution in [1.82, 2.24) is 9.88 Å². The van der Waals surface area contributed by atoms with Crippen LogP contribution in [0.15, 0.2) is 30.5 Å². The van der Waals surface area contributed by atoms with Gasteiger partial charge in [0.05, 0.1) is 4.92 Å². The van der Waals surface area contributed by atoms with Crippen molar-refractivity contribution >= 4 is 22.7 Å². The van der Waals surface area contributed by atoms with Gasteiger partial charge in [0, 0.05) is 41.3 Å². The predicted octanol–water partition coefficient (Wildman–Crippen LogP) is 4.24. The number of alkyl carbamates (subject to hydrolysis) is 1. The Kier molecular flexibility index (Phi) is 5.06. The van der Waals surface area contributed by atoms with E-state index in [1.165, 1.54) is 6.07 Å². The van der Waals surface area contributed by atoms with E-state index >= 15 is 0 Å². The molecule has 7 nitrogen and oxygen atoms in total. The van der Waals surface area contributed by atoms with E-state index in [2.05, 4.69) is 5.32 Å². The molecule has 2 rings (SSSR count). The fourth-order valence-corrected chi connectivity index (χ4v) is 2.54. The van der Waals surface area contributed by atoms with E-state index in [0.717, 1.165) is 10.9 Å². The Bertz CT molecular complexity index is 787. The highest BCUT2D eigenvalue weighted by Gasteiger charge is 2.24. The maximum atomic E-state index is 11.9. The van der Waals surface area contributed by atoms with E-state index in [1.807, 2.05) is 51.4 Å². The summed E-state index contributed by atoms with van der Waals surface area (Å²) in [6, 6.07) is 6.68. The number of amides is 1. The Morgan fingerprint density at radius 3 is 2.52 bits per heavy atom. The van der Waals surface area contributed by atoms with Crippen molar-refractivity contribution < 1.29 is 14.5 Å². The second kappa shape index (κ2) is 6.74. The van der Waals surface area contributed by atoms with Gasteiger partial charge in [0.15, 0.2) is 0 Å². The van der Waals surface area contributed by atoms with Crippen molar-refractivity contribution in [2.45, 2.75) is 58.7 Å². The van der Waals surface area contributed by atoms with Crippen LogP contribution in [-0.4, -0.2) is 26.7 Å². The molecule has 1 heterocycles. The number of nitro groups is 1. The molecule has 25 heavy (non-hydrogen) atoms. The molecule has 136 valence electrons. The molecule has 0 radical (unpaired) electrons. The Balaban J connectivity index is 2.03. The number of hydrogen-bond acceptors (Lipinski definition) is 4. The van der Waals surface area contributed by atoms with Crippen LogP contribution >= 0.6 is 0 Å². The zero-order valence-corrected chi connectivity index (χ0v) is 15.3. The summed E-state index contributed by atoms with van der Waals surface area (Å²) >= 11 is 0. The summed E-state index contributed by atoms with van der Waals surface area (Å²) in [6.07, 6.45) is 2.15. The van der Waals surface area contributed by atoms with Crippen LogP contribution in [0.25, 0.3) is 10.9 Å². The standard InChI is InChI=1S/C18H25N3O4/c1-17(2,3)25-16(22)19-18(4,5)9-11-20-10-8-13-12-14(21(23)24)6-7-15(13)20/h6-8,10,12H,9,11H2,1-5H3,(H,19,22). The second-order valence-corrected chi connectivity index (χ2v) is 7.77. The summed E-state index contributed by atoms with van der Waals surface area (Å²) in [5.41, 5.74) is 0.0291. The number of carbonyl (C=O) groups is 1. The molecular weight excluding hydrogens is 322 g/mol. The molecule has 0 atom stereocenters. The van der Waals surface area contributed by atoms with E-state index < -0.39 is 22.2 Å². The number of ether oxygens (including phenoxy) is 1. The van der Waals surface area contributed by atoms with Gasteiger partial charge in [0.1, 0.15) is 5.60 Å². The lowest BCUT2D eigenvalue weighted by atomic mass is 10.0. The van der Waals surface area contributed by atoms with Crippen LogP contribution in [0.5, 0.6) is 0 Å². The lowest BCUT2D eigenvalue weighted by Crippen LogP contribution is -2.46. The normalized spacial score (nSPS) is 12.2. The SMILES string of the molecule is CC(C)(CCn1ccc2cc([N+](=O)[O-])ccc21)NC(=O)OC(C)(C)C. The molecule has 0 aliphatic heterocycles. The maximum Gasteiger partial charge on any atom is 0.408 e. The monoisotopic (exact) mass is 347 g/mol. The van der Waals surface area contributed by atoms with Crippen LogP contribution in [0.1, 0.15) is 41.0 Å². The molecular formula is C18H25N3O4. The first-order chi connectivity index (χ1) is 11.5. The Morgan fingerprint density at radius 1 is 1.24 bits per heavy atom. The minimum absolute atomic E-state index is 0.0807. The molecule has 7 heteroatoms. The smallest absolute Gasteiger partial charge is 0.408 e. The van der Waals surface area contributed by atoms with Crippen LogP contribution in [0.3, 0.4) is 0 Å². The number of nitrogens with one attached hydrogen (secondary N) is 1. The third kappa shape index (κ3) is 5.20. The van der Waals surface area contributed by atoms with Gasteiger partial charge >= 0.3 is 6.09 Å². The van der Waals surface area contributed by atoms with E-state index in [-0.39, 0.29) is 5.69 Å². The highest BCUT2D eigenvalue weighted by atomic mass is 16.6. The van der Waals surface area contributed by atoms with Gasteiger partial charge in [-0.2, -0.15) is 0 Å². The number of nitro benzene ring substituents is 1. The highest BCUT2D eigenvalue weighted by molar-refractivity contribution is 5.82. The van der Waals surface area contributed by atoms with Crippen LogP contribution in [0.2, 0.25) is 0 Å². The van der Waals surface area contributed by atoms with Crippen LogP contribution in [0.4, 0.5) is 10.5 Å². The van der Waals surface area contributed by atoms with E-state index in [9.17, 15) is 14.9 Å². The van der Waals surface area contributed by atoms with Crippen LogP contribution in [-0.2, 0) is 11.3 Å². The molecule has 0 aliphatic carbocycles. The van der Waals surface area contributed by atoms with E-state index in [0.29, 0.717) is 13.0 Å². The van der Waals surface area contributed by atoms with Gasteiger partial charge in [-0.3, -0.25) is 10.1 Å². The predicted molar refractivity (Wildman–Crippen MR) is 96.7 cm³/mol. The van der Waals surface area contributed by atoms with Gasteiger partial charge in [0.2, 0.25) is 0 Å². The number of hydrogen-bond donors (Lipinski definition) is 1. The zero-order valence-electron chi connectivity index (χ0n) is 15.3. The first-order valence-corrected chi connectivity index (χ1v) is 8.21. The summed E-state index contributed by atoms with van der Waals surface area (Å²) < 4.78 is 7.32. The third-order valence-corrected chi connectivity index (χ3v) is 3.78. The van der Waals surface area contributed by atoms with Gasteiger partial charge in [-0.15, -0.1) is 0 Å². The van der Waals surface area contributed by atoms with Crippen molar-refractivity contribution in [3.8, 4) is 0 Å². The number of nitrogens with zero attached hydrogens (tertiary/aromatic N) is 2. The Labute approximate surface area is 147 Å². The highest BCUT2D eigenvalue weighted by Crippen LogP contribution is 2.23. The minimum Gasteiger partial charge on any atom is -0.444 e. The van der Waals surface area contributed by atoms with Crippen molar-refractivity contribution in [1.29, 1.82) is 0 Å². The molecule has 1 aromatic carbocycles. The zero-order chi connectivity index (χ0) is 18.8. The number of fused-ring (bicyclic) bond motifs is 1. The van der Waals surface area contributed by atoms with Gasteiger partial charge in [-0.05, 0) is 53.2 Å². The van der Waals surface area contributed by atoms with Gasteiger partial charge < -0.3 is 14.6 Å². The number of aromatic nitrogens is 1. The number of non-ortho nitro benzene ring substituents is 1. The molecule has 0 fully saturated rings. The van der Waals surface area contributed by atoms with Gasteiger partial charge in [-0.25, -0.2) is 4.79 Å². The fourth-order valence-electron chi connectivity index (χ4n) is 2.54. The molecule has 0 saturated heterocycles. The number of benzene rings is 1. The van der Waals surface area contributed by atoms with Gasteiger partial charge in [0.25, 0.3) is 5.69 Å². The van der Waals surface area contributed by atoms with Crippen molar-refractivity contribution in [2.75, 3.05) is 0 Å². The molecule has 0 spiro atoms. The molecule has 1 amide bonds. The minimum atomic E-state index is -0.536. The Morgan fingerprint density at radius 2 is 1.92 bits per heavy atom. The molecule has 0 bridgehead atoms. The first kappa shape index (κ1) is 18.8. The first-order valence-electron chi connectivity index (χ1n) is 8.21. The second-order valence-electron chi connectivity index (χ2n) is 7.77. The number of rotatable bonds is 5. The summed E-state index contributed by atoms with van der Waals surface area (Å²) in [5.74, 6) is 0. The summed E-state index contributed by atoms with van der Waals surface area (Å²) in [5, 5.41) is 14.6. The van der Waals surface area contributed by atoms with E-state index in [4.69, 9.17) is 4.74 Å². The van der Waals surface area contributed by atoms with Crippen molar-refractivity contribution in [2.24, 2.45) is 0 Å². The number of aryl methyl sites for hydroxylation is 1. The lowest BCUT2D eigenvalue weighted by molar-refractivity contribution is -0.384. The summed E-state index contributed by atoms with van der Waals surface area (Å²) in [4.78, 5) is 22.4. The maximum absolute atomic E-state index is 11.9. The fraction of sp³-hybridized carbons (Fsp3) is 0.500. The quantitative estimate of drug-likeness (QED) is 0.647. The molecule has 2 aromatic rings. The largest absolute Gasteiger partial charge is 0.444 e. The molecule has 0 unspecified atom stereocenters. The molecule has 0 saturated carbocycles. The third-order valence-electron chi connectivity index (χ3n) is 3.78. The van der Waals surface area contributed by atoms with E-state index in [1.54, 1.807) is 12.1 Å². The number of carbonyl (C=O) groups excluding carboxylic acids is 1. The van der Waals surface area contributed by atoms with Gasteiger partial charge in [-0.1, -0.05) is 0 Å². The Hall–Kier alpha value is -2.57. The van der Waals surface area contributed by atoms with Crippen molar-refractivity contribution in [3.05, 3.63) is 40.6 Å². The lowest BCUT2D eigenvalue weighted by Gasteiger charge is -2.29. The molecule has 1 aromatic heterocycles. The van der Waals surface area contributed by atoms with Crippen LogP contribution < -0.4 is 5.32 Å². The van der Waals surface area contributed by atoms with Crippen LogP contribution in [0, 0.1) is 10.1 Å². The average molecular weight is 347 g/mol. The molecule has 1 N–H and O–H groups in total. The average Bonchev–Trinajstić information content (AvgIpc) is 2.84. The topological polar surface area (TPSA) is 86.4 Å². The van der Waals surface area contributed by atoms with Crippen molar-refractivity contribution in [3.63, 3.8) is 0 Å². The summed E-state index contributed by atoms with van der Waals surface area (Å²) in [6.45, 7) is 10.0. The molecule has 0 aliphatic rings.